The molecule has 0 aliphatic rings. The molecule has 2 heterocycles. The molecule has 0 saturated heterocycles. The van der Waals surface area contributed by atoms with Gasteiger partial charge in [-0.3, -0.25) is 0 Å². The van der Waals surface area contributed by atoms with E-state index in [1.807, 2.05) is 30.7 Å². The fourth-order valence-corrected chi connectivity index (χ4v) is 3.90. The van der Waals surface area contributed by atoms with Crippen molar-refractivity contribution in [2.24, 2.45) is 0 Å². The Labute approximate surface area is 152 Å². The summed E-state index contributed by atoms with van der Waals surface area (Å²) in [7, 11) is -2.19. The molecule has 3 rings (SSSR count). The van der Waals surface area contributed by atoms with Crippen molar-refractivity contribution >= 4 is 21.1 Å². The zero-order chi connectivity index (χ0) is 18.9. The van der Waals surface area contributed by atoms with Crippen molar-refractivity contribution in [3.8, 4) is 6.07 Å². The monoisotopic (exact) mass is 369 g/mol. The Kier molecular flexibility index (Phi) is 4.76. The minimum absolute atomic E-state index is 0.0979. The first-order valence-electron chi connectivity index (χ1n) is 8.11. The molecule has 8 heteroatoms. The Morgan fingerprint density at radius 3 is 2.73 bits per heavy atom. The average Bonchev–Trinajstić information content (AvgIpc) is 3.05. The molecular weight excluding hydrogens is 350 g/mol. The summed E-state index contributed by atoms with van der Waals surface area (Å²) >= 11 is 0. The van der Waals surface area contributed by atoms with Gasteiger partial charge < -0.3 is 0 Å². The summed E-state index contributed by atoms with van der Waals surface area (Å²) in [6.07, 6.45) is 3.40. The average molecular weight is 369 g/mol. The largest absolute Gasteiger partial charge is 0.245 e. The second-order valence-electron chi connectivity index (χ2n) is 6.34. The lowest BCUT2D eigenvalue weighted by Crippen LogP contribution is -2.26. The highest BCUT2D eigenvalue weighted by atomic mass is 32.2. The summed E-state index contributed by atoms with van der Waals surface area (Å²) in [4.78, 5) is 4.53. The van der Waals surface area contributed by atoms with Gasteiger partial charge in [-0.1, -0.05) is 6.07 Å². The summed E-state index contributed by atoms with van der Waals surface area (Å²) in [5, 5.41) is 14.2. The molecule has 0 aliphatic carbocycles. The summed E-state index contributed by atoms with van der Waals surface area (Å²) in [6, 6.07) is 10.0. The highest BCUT2D eigenvalue weighted by molar-refractivity contribution is 7.89. The van der Waals surface area contributed by atoms with Crippen LogP contribution in [0.1, 0.15) is 31.0 Å². The fourth-order valence-electron chi connectivity index (χ4n) is 2.70. The van der Waals surface area contributed by atoms with E-state index < -0.39 is 10.0 Å². The summed E-state index contributed by atoms with van der Waals surface area (Å²) in [6.45, 7) is 4.23. The van der Waals surface area contributed by atoms with Gasteiger partial charge >= 0.3 is 0 Å². The number of pyridine rings is 1. The summed E-state index contributed by atoms with van der Waals surface area (Å²) < 4.78 is 28.6. The van der Waals surface area contributed by atoms with E-state index in [1.54, 1.807) is 24.5 Å². The number of hydrogen-bond donors (Lipinski definition) is 0. The molecule has 26 heavy (non-hydrogen) atoms. The molecule has 0 aliphatic heterocycles. The second kappa shape index (κ2) is 6.86. The molecule has 0 atom stereocenters. The van der Waals surface area contributed by atoms with E-state index in [9.17, 15) is 8.42 Å². The van der Waals surface area contributed by atoms with Crippen LogP contribution in [0.15, 0.2) is 47.6 Å². The fraction of sp³-hybridized carbons (Fsp3) is 0.278. The van der Waals surface area contributed by atoms with Crippen LogP contribution < -0.4 is 0 Å². The van der Waals surface area contributed by atoms with Gasteiger partial charge in [0.15, 0.2) is 5.65 Å². The van der Waals surface area contributed by atoms with Gasteiger partial charge in [-0.15, -0.1) is 0 Å². The molecule has 0 fully saturated rings. The third kappa shape index (κ3) is 3.31. The predicted molar refractivity (Wildman–Crippen MR) is 97.7 cm³/mol. The first kappa shape index (κ1) is 18.0. The molecule has 7 nitrogen and oxygen atoms in total. The van der Waals surface area contributed by atoms with Crippen molar-refractivity contribution in [2.75, 3.05) is 7.05 Å². The maximum atomic E-state index is 12.7. The van der Waals surface area contributed by atoms with Crippen molar-refractivity contribution in [3.05, 3.63) is 53.9 Å². The van der Waals surface area contributed by atoms with E-state index >= 15 is 0 Å². The number of rotatable bonds is 5. The van der Waals surface area contributed by atoms with E-state index in [0.29, 0.717) is 5.56 Å². The Hall–Kier alpha value is -2.76. The quantitative estimate of drug-likeness (QED) is 0.689. The van der Waals surface area contributed by atoms with Crippen molar-refractivity contribution in [1.82, 2.24) is 19.1 Å². The lowest BCUT2D eigenvalue weighted by molar-refractivity contribution is 0.466. The Bertz CT molecular complexity index is 1100. The van der Waals surface area contributed by atoms with E-state index in [0.717, 1.165) is 16.6 Å². The summed E-state index contributed by atoms with van der Waals surface area (Å²) in [5.41, 5.74) is 1.85. The molecule has 0 N–H and O–H groups in total. The lowest BCUT2D eigenvalue weighted by Gasteiger charge is -2.17. The summed E-state index contributed by atoms with van der Waals surface area (Å²) in [5.74, 6) is 0. The SMILES string of the molecule is CC(C)n1ncc2cc(CN(C)S(=O)(=O)c3cccc(C#N)c3)cnc21. The van der Waals surface area contributed by atoms with Crippen LogP contribution in [0, 0.1) is 11.3 Å². The van der Waals surface area contributed by atoms with Crippen LogP contribution in [-0.4, -0.2) is 34.5 Å². The van der Waals surface area contributed by atoms with Gasteiger partial charge in [0.1, 0.15) is 0 Å². The van der Waals surface area contributed by atoms with Gasteiger partial charge in [-0.05, 0) is 43.7 Å². The van der Waals surface area contributed by atoms with E-state index in [2.05, 4.69) is 10.1 Å². The van der Waals surface area contributed by atoms with Crippen LogP contribution in [-0.2, 0) is 16.6 Å². The van der Waals surface area contributed by atoms with Gasteiger partial charge in [-0.2, -0.15) is 14.7 Å². The Morgan fingerprint density at radius 2 is 2.04 bits per heavy atom. The Balaban J connectivity index is 1.88. The van der Waals surface area contributed by atoms with Crippen LogP contribution in [0.4, 0.5) is 0 Å². The standard InChI is InChI=1S/C18H19N5O2S/c1-13(2)23-18-16(11-21-23)7-15(10-20-18)12-22(3)26(24,25)17-6-4-5-14(8-17)9-19/h4-8,10-11,13H,12H2,1-3H3. The molecule has 0 radical (unpaired) electrons. The third-order valence-electron chi connectivity index (χ3n) is 4.06. The first-order valence-corrected chi connectivity index (χ1v) is 9.55. The maximum absolute atomic E-state index is 12.7. The van der Waals surface area contributed by atoms with E-state index in [-0.39, 0.29) is 17.5 Å². The normalized spacial score (nSPS) is 12.0. The molecule has 0 spiro atoms. The molecule has 0 bridgehead atoms. The van der Waals surface area contributed by atoms with Gasteiger partial charge in [0.2, 0.25) is 10.0 Å². The topological polar surface area (TPSA) is 91.9 Å². The van der Waals surface area contributed by atoms with Crippen LogP contribution in [0.5, 0.6) is 0 Å². The zero-order valence-corrected chi connectivity index (χ0v) is 15.6. The molecule has 2 aromatic heterocycles. The van der Waals surface area contributed by atoms with Crippen molar-refractivity contribution in [3.63, 3.8) is 0 Å². The number of sulfonamides is 1. The van der Waals surface area contributed by atoms with Crippen molar-refractivity contribution in [1.29, 1.82) is 5.26 Å². The molecule has 134 valence electrons. The number of fused-ring (bicyclic) bond motifs is 1. The minimum atomic E-state index is -3.70. The van der Waals surface area contributed by atoms with Crippen LogP contribution in [0.3, 0.4) is 0 Å². The maximum Gasteiger partial charge on any atom is 0.243 e. The van der Waals surface area contributed by atoms with E-state index in [4.69, 9.17) is 5.26 Å². The van der Waals surface area contributed by atoms with Gasteiger partial charge in [0.25, 0.3) is 0 Å². The van der Waals surface area contributed by atoms with Crippen molar-refractivity contribution < 1.29 is 8.42 Å². The van der Waals surface area contributed by atoms with E-state index in [1.165, 1.54) is 23.5 Å². The zero-order valence-electron chi connectivity index (χ0n) is 14.8. The minimum Gasteiger partial charge on any atom is -0.245 e. The molecular formula is C18H19N5O2S. The smallest absolute Gasteiger partial charge is 0.243 e. The molecule has 3 aromatic rings. The Morgan fingerprint density at radius 1 is 1.27 bits per heavy atom. The van der Waals surface area contributed by atoms with Gasteiger partial charge in [-0.25, -0.2) is 18.1 Å². The second-order valence-corrected chi connectivity index (χ2v) is 8.38. The van der Waals surface area contributed by atoms with Gasteiger partial charge in [0, 0.05) is 31.2 Å². The molecule has 0 amide bonds. The molecule has 1 aromatic carbocycles. The number of nitriles is 1. The van der Waals surface area contributed by atoms with Gasteiger partial charge in [0.05, 0.1) is 22.7 Å². The highest BCUT2D eigenvalue weighted by Gasteiger charge is 2.21. The highest BCUT2D eigenvalue weighted by Crippen LogP contribution is 2.20. The number of hydrogen-bond acceptors (Lipinski definition) is 5. The van der Waals surface area contributed by atoms with Crippen LogP contribution in [0.2, 0.25) is 0 Å². The predicted octanol–water partition coefficient (Wildman–Crippen LogP) is 2.70. The van der Waals surface area contributed by atoms with Crippen LogP contribution >= 0.6 is 0 Å². The lowest BCUT2D eigenvalue weighted by atomic mass is 10.2. The molecule has 0 saturated carbocycles. The third-order valence-corrected chi connectivity index (χ3v) is 5.86. The van der Waals surface area contributed by atoms with Crippen molar-refractivity contribution in [2.45, 2.75) is 31.3 Å². The number of aromatic nitrogens is 3. The number of benzene rings is 1. The number of nitrogens with zero attached hydrogens (tertiary/aromatic N) is 5. The van der Waals surface area contributed by atoms with Crippen LogP contribution in [0.25, 0.3) is 11.0 Å². The first-order chi connectivity index (χ1) is 12.3. The molecule has 0 unspecified atom stereocenters.